The van der Waals surface area contributed by atoms with Crippen LogP contribution in [0.25, 0.3) is 0 Å². The van der Waals surface area contributed by atoms with Crippen molar-refractivity contribution in [2.45, 2.75) is 27.0 Å². The fraction of sp³-hybridized carbons (Fsp3) is 0.208. The average Bonchev–Trinajstić information content (AvgIpc) is 2.72. The van der Waals surface area contributed by atoms with Crippen LogP contribution >= 0.6 is 11.6 Å². The number of halogens is 1. The van der Waals surface area contributed by atoms with Gasteiger partial charge in [-0.3, -0.25) is 0 Å². The monoisotopic (exact) mass is 425 g/mol. The van der Waals surface area contributed by atoms with Crippen LogP contribution < -0.4 is 14.8 Å². The maximum absolute atomic E-state index is 11.1. The second-order valence-corrected chi connectivity index (χ2v) is 7.42. The van der Waals surface area contributed by atoms with E-state index in [-0.39, 0.29) is 5.56 Å². The van der Waals surface area contributed by atoms with E-state index < -0.39 is 5.97 Å². The number of carbonyl (C=O) groups is 1. The van der Waals surface area contributed by atoms with Gasteiger partial charge in [0.2, 0.25) is 0 Å². The number of hydrogen-bond acceptors (Lipinski definition) is 4. The lowest BCUT2D eigenvalue weighted by molar-refractivity contribution is 0.0697. The van der Waals surface area contributed by atoms with E-state index >= 15 is 0 Å². The molecule has 3 aromatic rings. The van der Waals surface area contributed by atoms with Gasteiger partial charge in [0.1, 0.15) is 6.61 Å². The Bertz CT molecular complexity index is 1070. The summed E-state index contributed by atoms with van der Waals surface area (Å²) in [6, 6.07) is 16.7. The van der Waals surface area contributed by atoms with Crippen LogP contribution in [0.3, 0.4) is 0 Å². The largest absolute Gasteiger partial charge is 0.493 e. The van der Waals surface area contributed by atoms with Crippen LogP contribution in [0.1, 0.15) is 32.6 Å². The van der Waals surface area contributed by atoms with Gasteiger partial charge in [0.05, 0.1) is 17.7 Å². The van der Waals surface area contributed by atoms with Gasteiger partial charge in [-0.15, -0.1) is 0 Å². The van der Waals surface area contributed by atoms with Crippen molar-refractivity contribution < 1.29 is 19.4 Å². The minimum absolute atomic E-state index is 0.262. The Kier molecular flexibility index (Phi) is 6.85. The van der Waals surface area contributed by atoms with Gasteiger partial charge in [0.15, 0.2) is 11.5 Å². The molecule has 0 saturated carbocycles. The highest BCUT2D eigenvalue weighted by atomic mass is 35.5. The van der Waals surface area contributed by atoms with Gasteiger partial charge in [-0.05, 0) is 66.4 Å². The first-order valence-corrected chi connectivity index (χ1v) is 9.88. The van der Waals surface area contributed by atoms with E-state index in [0.717, 1.165) is 27.9 Å². The number of hydrogen-bond donors (Lipinski definition) is 2. The summed E-state index contributed by atoms with van der Waals surface area (Å²) < 4.78 is 11.5. The van der Waals surface area contributed by atoms with Gasteiger partial charge in [-0.2, -0.15) is 0 Å². The third-order valence-corrected chi connectivity index (χ3v) is 5.16. The van der Waals surface area contributed by atoms with Gasteiger partial charge in [-0.1, -0.05) is 35.9 Å². The van der Waals surface area contributed by atoms with Crippen LogP contribution in [0.2, 0.25) is 5.02 Å². The number of carboxylic acid groups (broad SMARTS) is 1. The van der Waals surface area contributed by atoms with Crippen molar-refractivity contribution in [1.82, 2.24) is 0 Å². The molecule has 156 valence electrons. The molecule has 0 spiro atoms. The molecule has 0 aliphatic rings. The molecule has 0 fully saturated rings. The lowest BCUT2D eigenvalue weighted by atomic mass is 10.1. The van der Waals surface area contributed by atoms with E-state index in [4.69, 9.17) is 26.2 Å². The Morgan fingerprint density at radius 1 is 1.07 bits per heavy atom. The minimum atomic E-state index is -0.942. The Morgan fingerprint density at radius 3 is 2.50 bits per heavy atom. The normalized spacial score (nSPS) is 10.5. The van der Waals surface area contributed by atoms with E-state index in [1.165, 1.54) is 0 Å². The van der Waals surface area contributed by atoms with Gasteiger partial charge < -0.3 is 19.9 Å². The van der Waals surface area contributed by atoms with Crippen molar-refractivity contribution in [3.8, 4) is 11.5 Å². The van der Waals surface area contributed by atoms with E-state index in [2.05, 4.69) is 5.32 Å². The Morgan fingerprint density at radius 2 is 1.83 bits per heavy atom. The zero-order chi connectivity index (χ0) is 21.7. The molecule has 5 nitrogen and oxygen atoms in total. The molecule has 2 N–H and O–H groups in total. The Labute approximate surface area is 181 Å². The molecule has 0 unspecified atom stereocenters. The molecular weight excluding hydrogens is 402 g/mol. The zero-order valence-corrected chi connectivity index (χ0v) is 17.9. The molecule has 0 heterocycles. The second kappa shape index (κ2) is 9.55. The van der Waals surface area contributed by atoms with Crippen LogP contribution in [0.5, 0.6) is 11.5 Å². The maximum Gasteiger partial charge on any atom is 0.335 e. The summed E-state index contributed by atoms with van der Waals surface area (Å²) in [6.45, 7) is 4.80. The van der Waals surface area contributed by atoms with Crippen molar-refractivity contribution in [3.05, 3.63) is 87.4 Å². The van der Waals surface area contributed by atoms with E-state index in [9.17, 15) is 4.79 Å². The number of benzene rings is 3. The van der Waals surface area contributed by atoms with E-state index in [1.54, 1.807) is 25.3 Å². The molecule has 30 heavy (non-hydrogen) atoms. The molecule has 0 saturated heterocycles. The van der Waals surface area contributed by atoms with Crippen molar-refractivity contribution in [1.29, 1.82) is 0 Å². The molecule has 0 aliphatic carbocycles. The number of rotatable bonds is 8. The van der Waals surface area contributed by atoms with Crippen molar-refractivity contribution in [3.63, 3.8) is 0 Å². The summed E-state index contributed by atoms with van der Waals surface area (Å²) in [7, 11) is 1.58. The summed E-state index contributed by atoms with van der Waals surface area (Å²) in [4.78, 5) is 11.1. The van der Waals surface area contributed by atoms with E-state index in [0.29, 0.717) is 29.7 Å². The van der Waals surface area contributed by atoms with Crippen molar-refractivity contribution in [2.24, 2.45) is 0 Å². The highest BCUT2D eigenvalue weighted by Gasteiger charge is 2.13. The highest BCUT2D eigenvalue weighted by molar-refractivity contribution is 6.32. The summed E-state index contributed by atoms with van der Waals surface area (Å²) in [5, 5.41) is 12.9. The summed E-state index contributed by atoms with van der Waals surface area (Å²) in [5.41, 5.74) is 5.13. The molecule has 0 aromatic heterocycles. The minimum Gasteiger partial charge on any atom is -0.493 e. The summed E-state index contributed by atoms with van der Waals surface area (Å²) >= 11 is 6.49. The maximum atomic E-state index is 11.1. The van der Waals surface area contributed by atoms with E-state index in [1.807, 2.05) is 50.2 Å². The van der Waals surface area contributed by atoms with Crippen molar-refractivity contribution >= 4 is 23.3 Å². The number of aryl methyl sites for hydroxylation is 2. The predicted molar refractivity (Wildman–Crippen MR) is 119 cm³/mol. The number of anilines is 1. The quantitative estimate of drug-likeness (QED) is 0.473. The first-order chi connectivity index (χ1) is 14.4. The fourth-order valence-electron chi connectivity index (χ4n) is 3.13. The molecule has 0 aliphatic heterocycles. The third kappa shape index (κ3) is 5.05. The lowest BCUT2D eigenvalue weighted by Crippen LogP contribution is -2.05. The van der Waals surface area contributed by atoms with Crippen molar-refractivity contribution in [2.75, 3.05) is 12.4 Å². The molecule has 3 aromatic carbocycles. The zero-order valence-electron chi connectivity index (χ0n) is 17.2. The van der Waals surface area contributed by atoms with Gasteiger partial charge in [-0.25, -0.2) is 4.79 Å². The highest BCUT2D eigenvalue weighted by Crippen LogP contribution is 2.37. The molecule has 3 rings (SSSR count). The van der Waals surface area contributed by atoms with Gasteiger partial charge in [0.25, 0.3) is 0 Å². The molecule has 0 atom stereocenters. The summed E-state index contributed by atoms with van der Waals surface area (Å²) in [6.07, 6.45) is 0. The van der Waals surface area contributed by atoms with Crippen LogP contribution in [0, 0.1) is 13.8 Å². The predicted octanol–water partition coefficient (Wildman–Crippen LogP) is 5.85. The van der Waals surface area contributed by atoms with Crippen LogP contribution in [0.4, 0.5) is 5.69 Å². The molecule has 0 amide bonds. The van der Waals surface area contributed by atoms with Crippen LogP contribution in [0.15, 0.2) is 54.6 Å². The summed E-state index contributed by atoms with van der Waals surface area (Å²) in [5.74, 6) is 0.126. The SMILES string of the molecule is COc1cc(CNc2ccc(C(=O)O)cc2C)cc(Cl)c1OCc1ccccc1C. The van der Waals surface area contributed by atoms with Gasteiger partial charge >= 0.3 is 5.97 Å². The number of ether oxygens (including phenoxy) is 2. The molecular formula is C24H24ClNO4. The number of nitrogens with one attached hydrogen (secondary N) is 1. The third-order valence-electron chi connectivity index (χ3n) is 4.88. The number of aromatic carboxylic acids is 1. The molecule has 0 radical (unpaired) electrons. The van der Waals surface area contributed by atoms with Crippen LogP contribution in [-0.2, 0) is 13.2 Å². The van der Waals surface area contributed by atoms with Gasteiger partial charge in [0, 0.05) is 12.2 Å². The standard InChI is InChI=1S/C24H24ClNO4/c1-15-6-4-5-7-19(15)14-30-23-20(25)11-17(12-22(23)29-3)13-26-21-9-8-18(24(27)28)10-16(21)2/h4-12,26H,13-14H2,1-3H3,(H,27,28). The first-order valence-electron chi connectivity index (χ1n) is 9.50. The average molecular weight is 426 g/mol. The first kappa shape index (κ1) is 21.5. The molecule has 0 bridgehead atoms. The Balaban J connectivity index is 1.73. The number of carboxylic acids is 1. The fourth-order valence-corrected chi connectivity index (χ4v) is 3.42. The lowest BCUT2D eigenvalue weighted by Gasteiger charge is -2.16. The molecule has 6 heteroatoms. The number of methoxy groups -OCH3 is 1. The van der Waals surface area contributed by atoms with Crippen LogP contribution in [-0.4, -0.2) is 18.2 Å². The topological polar surface area (TPSA) is 67.8 Å². The Hall–Kier alpha value is -3.18. The second-order valence-electron chi connectivity index (χ2n) is 7.01. The smallest absolute Gasteiger partial charge is 0.335 e.